The van der Waals surface area contributed by atoms with Crippen LogP contribution in [0, 0.1) is 5.92 Å². The zero-order chi connectivity index (χ0) is 19.1. The summed E-state index contributed by atoms with van der Waals surface area (Å²) >= 11 is 0. The Labute approximate surface area is 164 Å². The Kier molecular flexibility index (Phi) is 4.86. The van der Waals surface area contributed by atoms with Gasteiger partial charge in [0.25, 0.3) is 11.7 Å². The molecule has 2 unspecified atom stereocenters. The van der Waals surface area contributed by atoms with Crippen LogP contribution < -0.4 is 5.73 Å². The predicted molar refractivity (Wildman–Crippen MR) is 98.5 cm³/mol. The molecule has 4 fully saturated rings. The summed E-state index contributed by atoms with van der Waals surface area (Å²) < 4.78 is 17.2. The third-order valence-electron chi connectivity index (χ3n) is 6.86. The number of hydrogen-bond donors (Lipinski definition) is 1. The fourth-order valence-electron chi connectivity index (χ4n) is 5.65. The van der Waals surface area contributed by atoms with Crippen LogP contribution in [0.5, 0.6) is 0 Å². The molecule has 1 amide bonds. The summed E-state index contributed by atoms with van der Waals surface area (Å²) in [6.07, 6.45) is 5.60. The number of carbonyl (C=O) groups is 1. The molecule has 2 bridgehead atoms. The van der Waals surface area contributed by atoms with E-state index in [2.05, 4.69) is 19.9 Å². The number of piperidine rings is 1. The summed E-state index contributed by atoms with van der Waals surface area (Å²) in [7, 11) is 0. The van der Waals surface area contributed by atoms with E-state index in [-0.39, 0.29) is 11.4 Å². The van der Waals surface area contributed by atoms with E-state index >= 15 is 0 Å². The summed E-state index contributed by atoms with van der Waals surface area (Å²) in [5.41, 5.74) is 5.19. The van der Waals surface area contributed by atoms with Gasteiger partial charge in [-0.2, -0.15) is 4.98 Å². The summed E-state index contributed by atoms with van der Waals surface area (Å²) in [5.74, 6) is 0.440. The fourth-order valence-corrected chi connectivity index (χ4v) is 5.65. The second-order valence-electron chi connectivity index (χ2n) is 8.84. The van der Waals surface area contributed by atoms with Crippen molar-refractivity contribution in [2.45, 2.75) is 56.3 Å². The number of hydrogen-bond acceptors (Lipinski definition) is 8. The lowest BCUT2D eigenvalue weighted by molar-refractivity contribution is -0.153. The van der Waals surface area contributed by atoms with Gasteiger partial charge in [-0.25, -0.2) is 0 Å². The number of ether oxygens (including phenoxy) is 2. The molecule has 1 aromatic rings. The topological polar surface area (TPSA) is 107 Å². The molecule has 154 valence electrons. The number of carbonyl (C=O) groups excluding carboxylic acids is 1. The predicted octanol–water partition coefficient (Wildman–Crippen LogP) is 0.403. The van der Waals surface area contributed by atoms with Gasteiger partial charge in [-0.15, -0.1) is 0 Å². The molecule has 28 heavy (non-hydrogen) atoms. The number of nitrogens with zero attached hydrogens (tertiary/aromatic N) is 4. The van der Waals surface area contributed by atoms with E-state index in [1.807, 2.05) is 0 Å². The third-order valence-corrected chi connectivity index (χ3v) is 6.86. The number of rotatable bonds is 5. The van der Waals surface area contributed by atoms with Gasteiger partial charge in [0.1, 0.15) is 0 Å². The molecule has 9 heteroatoms. The molecule has 1 spiro atoms. The van der Waals surface area contributed by atoms with Crippen LogP contribution in [0.4, 0.5) is 0 Å². The highest BCUT2D eigenvalue weighted by Crippen LogP contribution is 2.44. The van der Waals surface area contributed by atoms with E-state index < -0.39 is 5.91 Å². The highest BCUT2D eigenvalue weighted by atomic mass is 16.5. The summed E-state index contributed by atoms with van der Waals surface area (Å²) in [6, 6.07) is 0.912. The van der Waals surface area contributed by atoms with Crippen molar-refractivity contribution in [3.05, 3.63) is 11.7 Å². The minimum absolute atomic E-state index is 0.0345. The van der Waals surface area contributed by atoms with E-state index in [0.717, 1.165) is 52.3 Å². The molecule has 9 nitrogen and oxygen atoms in total. The molecule has 2 N–H and O–H groups in total. The molecule has 0 aromatic carbocycles. The van der Waals surface area contributed by atoms with Crippen LogP contribution in [0.1, 0.15) is 48.6 Å². The highest BCUT2D eigenvalue weighted by Gasteiger charge is 2.51. The Bertz CT molecular complexity index is 705. The number of amides is 1. The second-order valence-corrected chi connectivity index (χ2v) is 8.84. The zero-order valence-corrected chi connectivity index (χ0v) is 16.2. The number of fused-ring (bicyclic) bond motifs is 2. The van der Waals surface area contributed by atoms with Gasteiger partial charge in [-0.3, -0.25) is 14.6 Å². The molecule has 5 rings (SSSR count). The zero-order valence-electron chi connectivity index (χ0n) is 16.2. The van der Waals surface area contributed by atoms with Crippen LogP contribution in [-0.2, 0) is 16.0 Å². The Hall–Kier alpha value is -1.55. The van der Waals surface area contributed by atoms with E-state index in [0.29, 0.717) is 30.4 Å². The van der Waals surface area contributed by atoms with Crippen molar-refractivity contribution in [1.82, 2.24) is 19.9 Å². The first-order valence-electron chi connectivity index (χ1n) is 10.4. The summed E-state index contributed by atoms with van der Waals surface area (Å²) in [6.45, 7) is 6.38. The van der Waals surface area contributed by atoms with Gasteiger partial charge in [0.15, 0.2) is 0 Å². The van der Waals surface area contributed by atoms with Crippen molar-refractivity contribution >= 4 is 5.91 Å². The number of nitrogens with two attached hydrogens (primary N) is 1. The molecule has 4 atom stereocenters. The monoisotopic (exact) mass is 391 g/mol. The Morgan fingerprint density at radius 3 is 2.71 bits per heavy atom. The van der Waals surface area contributed by atoms with Crippen molar-refractivity contribution in [3.63, 3.8) is 0 Å². The first-order chi connectivity index (χ1) is 13.6. The molecule has 4 saturated heterocycles. The Balaban J connectivity index is 1.23. The Morgan fingerprint density at radius 1 is 1.21 bits per heavy atom. The SMILES string of the molecule is NC(=O)c1noc(CN2[C@@H]3CC[C@H]2CC2(C3)CN(CC3CCOC3)CCO2)n1. The maximum absolute atomic E-state index is 11.2. The van der Waals surface area contributed by atoms with Crippen LogP contribution in [0.3, 0.4) is 0 Å². The Morgan fingerprint density at radius 2 is 2.04 bits per heavy atom. The number of morpholine rings is 1. The van der Waals surface area contributed by atoms with Crippen LogP contribution >= 0.6 is 0 Å². The quantitative estimate of drug-likeness (QED) is 0.769. The fraction of sp³-hybridized carbons (Fsp3) is 0.842. The van der Waals surface area contributed by atoms with E-state index in [1.165, 1.54) is 19.3 Å². The van der Waals surface area contributed by atoms with Crippen LogP contribution in [0.25, 0.3) is 0 Å². The normalized spacial score (nSPS) is 36.4. The average molecular weight is 391 g/mol. The lowest BCUT2D eigenvalue weighted by Gasteiger charge is -2.50. The van der Waals surface area contributed by atoms with Crippen molar-refractivity contribution in [1.29, 1.82) is 0 Å². The standard InChI is InChI=1S/C19H29N5O4/c20-17(25)18-21-16(28-22-18)10-24-14-1-2-15(24)8-19(7-14)12-23(4-6-27-19)9-13-3-5-26-11-13/h13-15H,1-12H2,(H2,20,25)/t13?,14-,15+,19?. The summed E-state index contributed by atoms with van der Waals surface area (Å²) in [4.78, 5) is 20.4. The molecule has 4 aliphatic rings. The first-order valence-corrected chi connectivity index (χ1v) is 10.4. The second kappa shape index (κ2) is 7.37. The van der Waals surface area contributed by atoms with Gasteiger partial charge in [0.05, 0.1) is 25.4 Å². The van der Waals surface area contributed by atoms with Crippen molar-refractivity contribution < 1.29 is 18.8 Å². The lowest BCUT2D eigenvalue weighted by atomic mass is 9.84. The maximum atomic E-state index is 11.2. The minimum atomic E-state index is -0.654. The van der Waals surface area contributed by atoms with Gasteiger partial charge in [-0.05, 0) is 38.0 Å². The molecular formula is C19H29N5O4. The summed E-state index contributed by atoms with van der Waals surface area (Å²) in [5, 5.41) is 3.66. The molecular weight excluding hydrogens is 362 g/mol. The molecule has 5 heterocycles. The van der Waals surface area contributed by atoms with E-state index in [4.69, 9.17) is 19.7 Å². The van der Waals surface area contributed by atoms with E-state index in [1.54, 1.807) is 0 Å². The largest absolute Gasteiger partial charge is 0.381 e. The lowest BCUT2D eigenvalue weighted by Crippen LogP contribution is -2.60. The van der Waals surface area contributed by atoms with Crippen molar-refractivity contribution in [2.75, 3.05) is 39.5 Å². The molecule has 0 radical (unpaired) electrons. The number of primary amides is 1. The maximum Gasteiger partial charge on any atom is 0.290 e. The molecule has 0 saturated carbocycles. The van der Waals surface area contributed by atoms with Crippen LogP contribution in [-0.4, -0.2) is 83.0 Å². The number of aromatic nitrogens is 2. The van der Waals surface area contributed by atoms with Crippen molar-refractivity contribution in [3.8, 4) is 0 Å². The highest BCUT2D eigenvalue weighted by molar-refractivity contribution is 5.88. The van der Waals surface area contributed by atoms with Gasteiger partial charge < -0.3 is 19.7 Å². The van der Waals surface area contributed by atoms with Gasteiger partial charge in [-0.1, -0.05) is 5.16 Å². The van der Waals surface area contributed by atoms with E-state index in [9.17, 15) is 4.79 Å². The van der Waals surface area contributed by atoms with Gasteiger partial charge in [0.2, 0.25) is 5.89 Å². The first kappa shape index (κ1) is 18.5. The van der Waals surface area contributed by atoms with Gasteiger partial charge >= 0.3 is 0 Å². The molecule has 4 aliphatic heterocycles. The third kappa shape index (κ3) is 3.56. The average Bonchev–Trinajstić information content (AvgIpc) is 3.38. The van der Waals surface area contributed by atoms with Gasteiger partial charge in [0, 0.05) is 38.3 Å². The molecule has 0 aliphatic carbocycles. The molecule has 1 aromatic heterocycles. The smallest absolute Gasteiger partial charge is 0.290 e. The van der Waals surface area contributed by atoms with Crippen LogP contribution in [0.2, 0.25) is 0 Å². The van der Waals surface area contributed by atoms with Crippen molar-refractivity contribution in [2.24, 2.45) is 11.7 Å². The van der Waals surface area contributed by atoms with Crippen LogP contribution in [0.15, 0.2) is 4.52 Å². The minimum Gasteiger partial charge on any atom is -0.381 e.